The Morgan fingerprint density at radius 3 is 2.45 bits per heavy atom. The Balaban J connectivity index is 0.00000150. The number of piperazine rings is 1. The van der Waals surface area contributed by atoms with Crippen LogP contribution in [-0.2, 0) is 4.79 Å². The maximum absolute atomic E-state index is 13.1. The van der Waals surface area contributed by atoms with Gasteiger partial charge in [0.2, 0.25) is 16.0 Å². The monoisotopic (exact) mass is 460 g/mol. The number of nitrogens with zero attached hydrogens (tertiary/aromatic N) is 5. The Morgan fingerprint density at radius 1 is 1.14 bits per heavy atom. The lowest BCUT2D eigenvalue weighted by molar-refractivity contribution is -0.131. The smallest absolute Gasteiger partial charge is 0.222 e. The molecule has 7 nitrogen and oxygen atoms in total. The minimum absolute atomic E-state index is 0. The van der Waals surface area contributed by atoms with Gasteiger partial charge in [0.15, 0.2) is 0 Å². The van der Waals surface area contributed by atoms with Crippen molar-refractivity contribution in [2.24, 2.45) is 5.73 Å². The summed E-state index contributed by atoms with van der Waals surface area (Å²) in [5.41, 5.74) is 7.11. The molecule has 0 radical (unpaired) electrons. The zero-order valence-corrected chi connectivity index (χ0v) is 18.1. The van der Waals surface area contributed by atoms with Gasteiger partial charge in [-0.25, -0.2) is 13.9 Å². The van der Waals surface area contributed by atoms with E-state index in [9.17, 15) is 9.18 Å². The molecule has 2 aromatic heterocycles. The van der Waals surface area contributed by atoms with Gasteiger partial charge in [0.25, 0.3) is 0 Å². The number of halogens is 3. The summed E-state index contributed by atoms with van der Waals surface area (Å²) < 4.78 is 14.8. The number of aromatic nitrogens is 3. The molecule has 1 aromatic carbocycles. The van der Waals surface area contributed by atoms with Crippen LogP contribution in [-0.4, -0.2) is 58.1 Å². The zero-order valence-electron chi connectivity index (χ0n) is 15.7. The van der Waals surface area contributed by atoms with Gasteiger partial charge in [0.1, 0.15) is 5.82 Å². The lowest BCUT2D eigenvalue weighted by Crippen LogP contribution is -2.48. The van der Waals surface area contributed by atoms with Gasteiger partial charge in [0, 0.05) is 38.2 Å². The van der Waals surface area contributed by atoms with Gasteiger partial charge in [-0.3, -0.25) is 4.79 Å². The number of imidazole rings is 1. The third-order valence-corrected chi connectivity index (χ3v) is 5.65. The lowest BCUT2D eigenvalue weighted by Gasteiger charge is -2.34. The molecule has 4 rings (SSSR count). The van der Waals surface area contributed by atoms with Crippen molar-refractivity contribution >= 4 is 52.2 Å². The van der Waals surface area contributed by atoms with Gasteiger partial charge in [0.05, 0.1) is 11.9 Å². The SMILES string of the molecule is Cl.Cl.NCCCC(=O)N1CCN(c2nn3cc(-c4ccc(F)cc4)nc3s2)CC1. The molecule has 1 aliphatic heterocycles. The van der Waals surface area contributed by atoms with E-state index < -0.39 is 0 Å². The summed E-state index contributed by atoms with van der Waals surface area (Å²) >= 11 is 1.52. The molecule has 1 amide bonds. The van der Waals surface area contributed by atoms with E-state index in [1.165, 1.54) is 23.5 Å². The Labute approximate surface area is 184 Å². The Morgan fingerprint density at radius 2 is 1.83 bits per heavy atom. The van der Waals surface area contributed by atoms with Crippen molar-refractivity contribution in [2.75, 3.05) is 37.6 Å². The summed E-state index contributed by atoms with van der Waals surface area (Å²) in [6.45, 7) is 3.47. The van der Waals surface area contributed by atoms with E-state index in [1.807, 2.05) is 11.1 Å². The van der Waals surface area contributed by atoms with Crippen LogP contribution in [0.4, 0.5) is 9.52 Å². The molecule has 0 bridgehead atoms. The van der Waals surface area contributed by atoms with E-state index in [1.54, 1.807) is 16.6 Å². The number of amides is 1. The maximum atomic E-state index is 13.1. The van der Waals surface area contributed by atoms with E-state index in [2.05, 4.69) is 15.0 Å². The second-order valence-electron chi connectivity index (χ2n) is 6.50. The summed E-state index contributed by atoms with van der Waals surface area (Å²) in [5, 5.41) is 5.52. The molecule has 1 aliphatic rings. The minimum atomic E-state index is -0.263. The third kappa shape index (κ3) is 5.16. The molecule has 1 fully saturated rings. The average molecular weight is 461 g/mol. The molecular weight excluding hydrogens is 438 g/mol. The largest absolute Gasteiger partial charge is 0.343 e. The fraction of sp³-hybridized carbons (Fsp3) is 0.389. The molecule has 3 heterocycles. The predicted molar refractivity (Wildman–Crippen MR) is 118 cm³/mol. The predicted octanol–water partition coefficient (Wildman–Crippen LogP) is 2.83. The molecular formula is C18H23Cl2FN6OS. The summed E-state index contributed by atoms with van der Waals surface area (Å²) in [6, 6.07) is 6.28. The number of anilines is 1. The number of hydrogen-bond acceptors (Lipinski definition) is 6. The van der Waals surface area contributed by atoms with Crippen molar-refractivity contribution in [1.29, 1.82) is 0 Å². The first-order valence-electron chi connectivity index (χ1n) is 8.99. The van der Waals surface area contributed by atoms with Crippen molar-refractivity contribution in [3.05, 3.63) is 36.3 Å². The summed E-state index contributed by atoms with van der Waals surface area (Å²) in [6.07, 6.45) is 3.11. The van der Waals surface area contributed by atoms with Crippen molar-refractivity contribution in [3.8, 4) is 11.3 Å². The molecule has 0 saturated carbocycles. The molecule has 0 spiro atoms. The molecule has 0 unspecified atom stereocenters. The van der Waals surface area contributed by atoms with Crippen molar-refractivity contribution in [1.82, 2.24) is 19.5 Å². The van der Waals surface area contributed by atoms with Crippen LogP contribution < -0.4 is 10.6 Å². The fourth-order valence-electron chi connectivity index (χ4n) is 3.14. The molecule has 2 N–H and O–H groups in total. The topological polar surface area (TPSA) is 79.8 Å². The van der Waals surface area contributed by atoms with E-state index in [-0.39, 0.29) is 36.5 Å². The highest BCUT2D eigenvalue weighted by Gasteiger charge is 2.23. The highest BCUT2D eigenvalue weighted by atomic mass is 35.5. The van der Waals surface area contributed by atoms with Gasteiger partial charge in [-0.05, 0) is 37.2 Å². The quantitative estimate of drug-likeness (QED) is 0.632. The van der Waals surface area contributed by atoms with Crippen molar-refractivity contribution in [2.45, 2.75) is 12.8 Å². The van der Waals surface area contributed by atoms with Crippen molar-refractivity contribution in [3.63, 3.8) is 0 Å². The highest BCUT2D eigenvalue weighted by molar-refractivity contribution is 7.20. The number of carbonyl (C=O) groups is 1. The minimum Gasteiger partial charge on any atom is -0.343 e. The first-order chi connectivity index (χ1) is 13.1. The van der Waals surface area contributed by atoms with Crippen LogP contribution in [0.25, 0.3) is 16.2 Å². The first-order valence-corrected chi connectivity index (χ1v) is 9.80. The first kappa shape index (κ1) is 23.3. The molecule has 11 heteroatoms. The second-order valence-corrected chi connectivity index (χ2v) is 7.44. The van der Waals surface area contributed by atoms with Gasteiger partial charge in [-0.1, -0.05) is 11.3 Å². The second kappa shape index (κ2) is 10.2. The molecule has 0 aliphatic carbocycles. The van der Waals surface area contributed by atoms with E-state index in [0.29, 0.717) is 26.1 Å². The van der Waals surface area contributed by atoms with Crippen LogP contribution in [0.5, 0.6) is 0 Å². The summed E-state index contributed by atoms with van der Waals surface area (Å²) in [4.78, 5) is 21.6. The zero-order chi connectivity index (χ0) is 18.8. The average Bonchev–Trinajstić information content (AvgIpc) is 3.26. The maximum Gasteiger partial charge on any atom is 0.222 e. The van der Waals surface area contributed by atoms with Crippen LogP contribution in [0, 0.1) is 5.82 Å². The molecule has 0 atom stereocenters. The van der Waals surface area contributed by atoms with Gasteiger partial charge < -0.3 is 15.5 Å². The van der Waals surface area contributed by atoms with Crippen LogP contribution in [0.15, 0.2) is 30.5 Å². The third-order valence-electron chi connectivity index (χ3n) is 4.67. The van der Waals surface area contributed by atoms with Crippen LogP contribution >= 0.6 is 36.2 Å². The number of rotatable bonds is 5. The van der Waals surface area contributed by atoms with Crippen LogP contribution in [0.3, 0.4) is 0 Å². The standard InChI is InChI=1S/C18H21FN6OS.2ClH/c19-14-5-3-13(4-6-14)15-12-25-17(21-15)27-18(22-25)24-10-8-23(9-11-24)16(26)2-1-7-20;;/h3-6,12H,1-2,7-11,20H2;2*1H. The lowest BCUT2D eigenvalue weighted by atomic mass is 10.2. The van der Waals surface area contributed by atoms with Crippen LogP contribution in [0.1, 0.15) is 12.8 Å². The molecule has 158 valence electrons. The number of carbonyl (C=O) groups excluding carboxylic acids is 1. The summed E-state index contributed by atoms with van der Waals surface area (Å²) in [5.74, 6) is -0.0844. The fourth-order valence-corrected chi connectivity index (χ4v) is 4.07. The number of hydrogen-bond donors (Lipinski definition) is 1. The van der Waals surface area contributed by atoms with Gasteiger partial charge in [-0.2, -0.15) is 0 Å². The Bertz CT molecular complexity index is 908. The van der Waals surface area contributed by atoms with E-state index >= 15 is 0 Å². The van der Waals surface area contributed by atoms with E-state index in [4.69, 9.17) is 5.73 Å². The number of benzene rings is 1. The number of fused-ring (bicyclic) bond motifs is 1. The Kier molecular flexibility index (Phi) is 8.21. The van der Waals surface area contributed by atoms with Crippen molar-refractivity contribution < 1.29 is 9.18 Å². The summed E-state index contributed by atoms with van der Waals surface area (Å²) in [7, 11) is 0. The normalized spacial score (nSPS) is 13.9. The molecule has 1 saturated heterocycles. The van der Waals surface area contributed by atoms with Gasteiger partial charge in [-0.15, -0.1) is 29.9 Å². The van der Waals surface area contributed by atoms with Gasteiger partial charge >= 0.3 is 0 Å². The molecule has 29 heavy (non-hydrogen) atoms. The number of nitrogens with two attached hydrogens (primary N) is 1. The molecule has 3 aromatic rings. The highest BCUT2D eigenvalue weighted by Crippen LogP contribution is 2.27. The van der Waals surface area contributed by atoms with E-state index in [0.717, 1.165) is 40.9 Å². The Hall–Kier alpha value is -1.94. The van der Waals surface area contributed by atoms with Crippen LogP contribution in [0.2, 0.25) is 0 Å².